The lowest BCUT2D eigenvalue weighted by Gasteiger charge is -2.23. The van der Waals surface area contributed by atoms with Gasteiger partial charge in [0.25, 0.3) is 5.91 Å². The van der Waals surface area contributed by atoms with Gasteiger partial charge in [0.15, 0.2) is 0 Å². The average Bonchev–Trinajstić information content (AvgIpc) is 2.90. The molecule has 3 aromatic rings. The molecular weight excluding hydrogens is 576 g/mol. The lowest BCUT2D eigenvalue weighted by molar-refractivity contribution is -0.138. The Hall–Kier alpha value is -4.06. The molecule has 0 spiro atoms. The highest BCUT2D eigenvalue weighted by atomic mass is 35.5. The SMILES string of the molecule is N=Cc1cc(-c2ccc(C(F)(F)F)cc2Cl)ccc1NC(CCC(F)(F)F)c1ccc(C(=O)NCCC(=O)O)cc1. The average molecular weight is 600 g/mol. The van der Waals surface area contributed by atoms with Gasteiger partial charge < -0.3 is 21.1 Å². The van der Waals surface area contributed by atoms with Crippen LogP contribution in [0.25, 0.3) is 11.1 Å². The maximum absolute atomic E-state index is 13.1. The zero-order valence-electron chi connectivity index (χ0n) is 21.2. The second-order valence-corrected chi connectivity index (χ2v) is 9.42. The van der Waals surface area contributed by atoms with Gasteiger partial charge in [-0.3, -0.25) is 9.59 Å². The first-order valence-electron chi connectivity index (χ1n) is 12.1. The number of carbonyl (C=O) groups excluding carboxylic acids is 1. The van der Waals surface area contributed by atoms with Crippen LogP contribution in [0.3, 0.4) is 0 Å². The summed E-state index contributed by atoms with van der Waals surface area (Å²) < 4.78 is 78.3. The van der Waals surface area contributed by atoms with Crippen LogP contribution in [0.4, 0.5) is 32.0 Å². The summed E-state index contributed by atoms with van der Waals surface area (Å²) in [6.07, 6.45) is -9.85. The molecule has 0 fully saturated rings. The fourth-order valence-electron chi connectivity index (χ4n) is 3.98. The van der Waals surface area contributed by atoms with Crippen molar-refractivity contribution in [3.05, 3.63) is 87.9 Å². The van der Waals surface area contributed by atoms with Gasteiger partial charge in [-0.1, -0.05) is 35.9 Å². The monoisotopic (exact) mass is 599 g/mol. The molecular formula is C28H24ClF6N3O3. The van der Waals surface area contributed by atoms with Gasteiger partial charge in [0.2, 0.25) is 0 Å². The van der Waals surface area contributed by atoms with E-state index >= 15 is 0 Å². The van der Waals surface area contributed by atoms with Gasteiger partial charge in [-0.15, -0.1) is 0 Å². The molecule has 0 aromatic heterocycles. The van der Waals surface area contributed by atoms with Crippen molar-refractivity contribution in [1.82, 2.24) is 5.32 Å². The van der Waals surface area contributed by atoms with Gasteiger partial charge in [-0.25, -0.2) is 0 Å². The third-order valence-electron chi connectivity index (χ3n) is 6.06. The molecule has 41 heavy (non-hydrogen) atoms. The number of carboxylic acid groups (broad SMARTS) is 1. The van der Waals surface area contributed by atoms with Gasteiger partial charge in [0.05, 0.1) is 18.0 Å². The molecule has 0 aliphatic heterocycles. The molecule has 1 unspecified atom stereocenters. The minimum Gasteiger partial charge on any atom is -0.481 e. The molecule has 13 heteroatoms. The molecule has 6 nitrogen and oxygen atoms in total. The Morgan fingerprint density at radius 2 is 1.66 bits per heavy atom. The number of halogens is 7. The van der Waals surface area contributed by atoms with Crippen LogP contribution in [-0.2, 0) is 11.0 Å². The van der Waals surface area contributed by atoms with Gasteiger partial charge in [0.1, 0.15) is 0 Å². The number of rotatable bonds is 11. The fraction of sp³-hybridized carbons (Fsp3) is 0.250. The Balaban J connectivity index is 1.87. The largest absolute Gasteiger partial charge is 0.481 e. The van der Waals surface area contributed by atoms with Gasteiger partial charge in [-0.05, 0) is 53.9 Å². The van der Waals surface area contributed by atoms with E-state index in [0.29, 0.717) is 16.8 Å². The van der Waals surface area contributed by atoms with E-state index < -0.39 is 42.3 Å². The van der Waals surface area contributed by atoms with Crippen LogP contribution in [0.1, 0.15) is 52.4 Å². The van der Waals surface area contributed by atoms with E-state index in [2.05, 4.69) is 10.6 Å². The number of carboxylic acids is 1. The molecule has 0 heterocycles. The number of hydrogen-bond donors (Lipinski definition) is 4. The Bertz CT molecular complexity index is 1410. The van der Waals surface area contributed by atoms with Crippen LogP contribution in [0.5, 0.6) is 0 Å². The van der Waals surface area contributed by atoms with E-state index in [0.717, 1.165) is 18.3 Å². The zero-order chi connectivity index (χ0) is 30.4. The number of anilines is 1. The van der Waals surface area contributed by atoms with Gasteiger partial charge in [-0.2, -0.15) is 26.3 Å². The summed E-state index contributed by atoms with van der Waals surface area (Å²) in [6.45, 7) is -0.0915. The molecule has 0 aliphatic carbocycles. The topological polar surface area (TPSA) is 102 Å². The van der Waals surface area contributed by atoms with Crippen molar-refractivity contribution >= 4 is 35.4 Å². The summed E-state index contributed by atoms with van der Waals surface area (Å²) in [5.74, 6) is -1.62. The predicted octanol–water partition coefficient (Wildman–Crippen LogP) is 7.72. The Kier molecular flexibility index (Phi) is 10.0. The van der Waals surface area contributed by atoms with E-state index in [1.165, 1.54) is 48.5 Å². The molecule has 0 saturated heterocycles. The fourth-order valence-corrected chi connectivity index (χ4v) is 4.27. The maximum Gasteiger partial charge on any atom is 0.416 e. The van der Waals surface area contributed by atoms with Crippen molar-refractivity contribution in [2.75, 3.05) is 11.9 Å². The normalized spacial score (nSPS) is 12.5. The van der Waals surface area contributed by atoms with Crippen molar-refractivity contribution in [3.63, 3.8) is 0 Å². The number of carbonyl (C=O) groups is 2. The summed E-state index contributed by atoms with van der Waals surface area (Å²) in [4.78, 5) is 22.8. The van der Waals surface area contributed by atoms with Crippen molar-refractivity contribution in [3.8, 4) is 11.1 Å². The molecule has 3 rings (SSSR count). The van der Waals surface area contributed by atoms with Crippen molar-refractivity contribution in [1.29, 1.82) is 5.41 Å². The van der Waals surface area contributed by atoms with Crippen LogP contribution >= 0.6 is 11.6 Å². The molecule has 1 amide bonds. The van der Waals surface area contributed by atoms with Crippen LogP contribution in [0, 0.1) is 5.41 Å². The van der Waals surface area contributed by atoms with E-state index in [-0.39, 0.29) is 41.1 Å². The summed E-state index contributed by atoms with van der Waals surface area (Å²) >= 11 is 6.10. The minimum absolute atomic E-state index is 0.0915. The molecule has 218 valence electrons. The van der Waals surface area contributed by atoms with E-state index in [1.54, 1.807) is 0 Å². The van der Waals surface area contributed by atoms with Crippen LogP contribution in [-0.4, -0.2) is 35.9 Å². The quantitative estimate of drug-likeness (QED) is 0.134. The summed E-state index contributed by atoms with van der Waals surface area (Å²) in [7, 11) is 0. The second-order valence-electron chi connectivity index (χ2n) is 9.01. The minimum atomic E-state index is -4.58. The number of alkyl halides is 6. The molecule has 3 aromatic carbocycles. The van der Waals surface area contributed by atoms with Crippen LogP contribution in [0.15, 0.2) is 60.7 Å². The molecule has 0 radical (unpaired) electrons. The summed E-state index contributed by atoms with van der Waals surface area (Å²) in [5, 5.41) is 21.8. The van der Waals surface area contributed by atoms with Gasteiger partial charge >= 0.3 is 18.3 Å². The van der Waals surface area contributed by atoms with Crippen LogP contribution in [0.2, 0.25) is 5.02 Å². The maximum atomic E-state index is 13.1. The van der Waals surface area contributed by atoms with E-state index in [1.807, 2.05) is 0 Å². The standard InChI is InChI=1S/C28H24ClF6N3O3/c29-22-14-20(28(33,34)35)6-7-21(22)18-5-8-23(19(13-18)15-36)38-24(9-11-27(30,31)32)16-1-3-17(4-2-16)26(41)37-12-10-25(39)40/h1-8,13-15,24,36,38H,9-12H2,(H,37,41)(H,39,40). The Morgan fingerprint density at radius 3 is 2.22 bits per heavy atom. The molecule has 0 saturated carbocycles. The smallest absolute Gasteiger partial charge is 0.416 e. The molecule has 4 N–H and O–H groups in total. The number of nitrogens with one attached hydrogen (secondary N) is 3. The highest BCUT2D eigenvalue weighted by Crippen LogP contribution is 2.37. The number of hydrogen-bond acceptors (Lipinski definition) is 4. The van der Waals surface area contributed by atoms with E-state index in [9.17, 15) is 35.9 Å². The summed E-state index contributed by atoms with van der Waals surface area (Å²) in [6, 6.07) is 12.2. The first kappa shape index (κ1) is 31.5. The number of amides is 1. The van der Waals surface area contributed by atoms with Crippen molar-refractivity contribution in [2.45, 2.75) is 37.7 Å². The lowest BCUT2D eigenvalue weighted by atomic mass is 9.97. The highest BCUT2D eigenvalue weighted by Gasteiger charge is 2.31. The third kappa shape index (κ3) is 8.97. The van der Waals surface area contributed by atoms with Gasteiger partial charge in [0, 0.05) is 46.6 Å². The lowest BCUT2D eigenvalue weighted by Crippen LogP contribution is -2.26. The van der Waals surface area contributed by atoms with Crippen molar-refractivity contribution < 1.29 is 41.0 Å². The second kappa shape index (κ2) is 13.1. The Morgan fingerprint density at radius 1 is 0.976 bits per heavy atom. The first-order valence-corrected chi connectivity index (χ1v) is 12.5. The molecule has 0 aliphatic rings. The summed E-state index contributed by atoms with van der Waals surface area (Å²) in [5.41, 5.74) is 0.916. The first-order chi connectivity index (χ1) is 19.2. The molecule has 0 bridgehead atoms. The Labute approximate surface area is 235 Å². The number of benzene rings is 3. The highest BCUT2D eigenvalue weighted by molar-refractivity contribution is 6.33. The van der Waals surface area contributed by atoms with Crippen molar-refractivity contribution in [2.24, 2.45) is 0 Å². The third-order valence-corrected chi connectivity index (χ3v) is 6.37. The zero-order valence-corrected chi connectivity index (χ0v) is 21.9. The van der Waals surface area contributed by atoms with E-state index in [4.69, 9.17) is 22.1 Å². The molecule has 1 atom stereocenters. The van der Waals surface area contributed by atoms with Crippen LogP contribution < -0.4 is 10.6 Å². The number of aliphatic carboxylic acids is 1. The predicted molar refractivity (Wildman–Crippen MR) is 142 cm³/mol.